The van der Waals surface area contributed by atoms with E-state index in [1.165, 1.54) is 25.0 Å². The van der Waals surface area contributed by atoms with Crippen molar-refractivity contribution >= 4 is 11.8 Å². The van der Waals surface area contributed by atoms with Gasteiger partial charge in [-0.1, -0.05) is 20.3 Å². The van der Waals surface area contributed by atoms with Crippen LogP contribution in [-0.2, 0) is 6.42 Å². The van der Waals surface area contributed by atoms with Crippen molar-refractivity contribution in [3.63, 3.8) is 0 Å². The molecular weight excluding hydrogens is 254 g/mol. The molecule has 1 saturated heterocycles. The summed E-state index contributed by atoms with van der Waals surface area (Å²) in [6, 6.07) is 2.94. The Kier molecular flexibility index (Phi) is 5.76. The van der Waals surface area contributed by atoms with Crippen molar-refractivity contribution in [2.24, 2.45) is 5.73 Å². The highest BCUT2D eigenvalue weighted by Gasteiger charge is 2.22. The predicted molar refractivity (Wildman–Crippen MR) is 83.6 cm³/mol. The van der Waals surface area contributed by atoms with Crippen LogP contribution >= 0.6 is 11.8 Å². The quantitative estimate of drug-likeness (QED) is 0.869. The molecule has 2 unspecified atom stereocenters. The zero-order valence-corrected chi connectivity index (χ0v) is 13.0. The molecule has 2 heterocycles. The molecule has 19 heavy (non-hydrogen) atoms. The minimum Gasteiger partial charge on any atom is -0.326 e. The zero-order valence-electron chi connectivity index (χ0n) is 12.2. The maximum absolute atomic E-state index is 6.36. The maximum atomic E-state index is 6.36. The second-order valence-electron chi connectivity index (χ2n) is 5.53. The lowest BCUT2D eigenvalue weighted by atomic mass is 10.0. The summed E-state index contributed by atoms with van der Waals surface area (Å²) in [5.74, 6) is 1.28. The molecule has 3 nitrogen and oxygen atoms in total. The van der Waals surface area contributed by atoms with Crippen LogP contribution in [0.1, 0.15) is 57.7 Å². The standard InChI is InChI=1S/C15H27N3S/c1-3-13(4-2)18-9-8-12(17-18)11-14(16)15-7-5-6-10-19-15/h8-9,13-15H,3-7,10-11,16H2,1-2H3. The van der Waals surface area contributed by atoms with Crippen molar-refractivity contribution in [3.8, 4) is 0 Å². The molecule has 0 amide bonds. The molecule has 1 aliphatic heterocycles. The Bertz CT molecular complexity index is 367. The molecule has 0 aliphatic carbocycles. The molecule has 0 aromatic carbocycles. The first-order chi connectivity index (χ1) is 9.24. The SMILES string of the molecule is CCC(CC)n1ccc(CC(N)C2CCCCS2)n1. The average molecular weight is 281 g/mol. The van der Waals surface area contributed by atoms with Gasteiger partial charge in [0.25, 0.3) is 0 Å². The van der Waals surface area contributed by atoms with E-state index in [-0.39, 0.29) is 6.04 Å². The van der Waals surface area contributed by atoms with Crippen molar-refractivity contribution in [2.45, 2.75) is 69.7 Å². The highest BCUT2D eigenvalue weighted by molar-refractivity contribution is 8.00. The topological polar surface area (TPSA) is 43.8 Å². The molecule has 1 aromatic rings. The fraction of sp³-hybridized carbons (Fsp3) is 0.800. The first-order valence-corrected chi connectivity index (χ1v) is 8.70. The Balaban J connectivity index is 1.91. The van der Waals surface area contributed by atoms with E-state index in [2.05, 4.69) is 42.6 Å². The summed E-state index contributed by atoms with van der Waals surface area (Å²) in [5, 5.41) is 5.35. The minimum absolute atomic E-state index is 0.260. The Morgan fingerprint density at radius 3 is 2.84 bits per heavy atom. The van der Waals surface area contributed by atoms with Gasteiger partial charge in [0.1, 0.15) is 0 Å². The van der Waals surface area contributed by atoms with Gasteiger partial charge >= 0.3 is 0 Å². The lowest BCUT2D eigenvalue weighted by Gasteiger charge is -2.26. The fourth-order valence-electron chi connectivity index (χ4n) is 2.83. The Labute approximate surface area is 121 Å². The summed E-state index contributed by atoms with van der Waals surface area (Å²) in [4.78, 5) is 0. The summed E-state index contributed by atoms with van der Waals surface area (Å²) >= 11 is 2.05. The minimum atomic E-state index is 0.260. The van der Waals surface area contributed by atoms with E-state index in [1.807, 2.05) is 0 Å². The number of thioether (sulfide) groups is 1. The van der Waals surface area contributed by atoms with Gasteiger partial charge in [0.2, 0.25) is 0 Å². The Morgan fingerprint density at radius 2 is 2.21 bits per heavy atom. The molecular formula is C15H27N3S. The van der Waals surface area contributed by atoms with Gasteiger partial charge in [-0.2, -0.15) is 16.9 Å². The normalized spacial score (nSPS) is 21.8. The number of aromatic nitrogens is 2. The van der Waals surface area contributed by atoms with Gasteiger partial charge in [-0.15, -0.1) is 0 Å². The largest absolute Gasteiger partial charge is 0.326 e. The van der Waals surface area contributed by atoms with Crippen molar-refractivity contribution in [3.05, 3.63) is 18.0 Å². The third-order valence-corrected chi connectivity index (χ3v) is 5.66. The first-order valence-electron chi connectivity index (χ1n) is 7.65. The highest BCUT2D eigenvalue weighted by Crippen LogP contribution is 2.28. The van der Waals surface area contributed by atoms with E-state index in [9.17, 15) is 0 Å². The molecule has 1 fully saturated rings. The molecule has 0 saturated carbocycles. The zero-order chi connectivity index (χ0) is 13.7. The number of nitrogens with two attached hydrogens (primary N) is 1. The van der Waals surface area contributed by atoms with Crippen LogP contribution in [-0.4, -0.2) is 26.8 Å². The number of nitrogens with zero attached hydrogens (tertiary/aromatic N) is 2. The van der Waals surface area contributed by atoms with Crippen LogP contribution in [0.25, 0.3) is 0 Å². The molecule has 1 aromatic heterocycles. The van der Waals surface area contributed by atoms with E-state index in [4.69, 9.17) is 10.8 Å². The molecule has 0 spiro atoms. The highest BCUT2D eigenvalue weighted by atomic mass is 32.2. The summed E-state index contributed by atoms with van der Waals surface area (Å²) in [7, 11) is 0. The number of rotatable bonds is 6. The fourth-order valence-corrected chi connectivity index (χ4v) is 4.18. The molecule has 108 valence electrons. The lowest BCUT2D eigenvalue weighted by Crippen LogP contribution is -2.36. The molecule has 0 radical (unpaired) electrons. The Morgan fingerprint density at radius 1 is 1.42 bits per heavy atom. The third-order valence-electron chi connectivity index (χ3n) is 4.12. The average Bonchev–Trinajstić information content (AvgIpc) is 2.89. The summed E-state index contributed by atoms with van der Waals surface area (Å²) in [6.07, 6.45) is 9.30. The van der Waals surface area contributed by atoms with Gasteiger partial charge in [0.15, 0.2) is 0 Å². The van der Waals surface area contributed by atoms with Crippen molar-refractivity contribution in [1.82, 2.24) is 9.78 Å². The van der Waals surface area contributed by atoms with Crippen LogP contribution in [0, 0.1) is 0 Å². The van der Waals surface area contributed by atoms with E-state index in [0.29, 0.717) is 11.3 Å². The van der Waals surface area contributed by atoms with Crippen molar-refractivity contribution in [1.29, 1.82) is 0 Å². The smallest absolute Gasteiger partial charge is 0.0640 e. The van der Waals surface area contributed by atoms with Gasteiger partial charge in [-0.25, -0.2) is 0 Å². The van der Waals surface area contributed by atoms with Crippen molar-refractivity contribution in [2.75, 3.05) is 5.75 Å². The summed E-state index contributed by atoms with van der Waals surface area (Å²) < 4.78 is 2.12. The second-order valence-corrected chi connectivity index (χ2v) is 6.88. The van der Waals surface area contributed by atoms with Crippen LogP contribution in [0.2, 0.25) is 0 Å². The second kappa shape index (κ2) is 7.34. The van der Waals surface area contributed by atoms with Gasteiger partial charge in [0, 0.05) is 23.9 Å². The summed E-state index contributed by atoms with van der Waals surface area (Å²) in [6.45, 7) is 4.44. The molecule has 1 aliphatic rings. The molecule has 2 rings (SSSR count). The van der Waals surface area contributed by atoms with Crippen LogP contribution in [0.3, 0.4) is 0 Å². The van der Waals surface area contributed by atoms with E-state index >= 15 is 0 Å². The van der Waals surface area contributed by atoms with Gasteiger partial charge in [0.05, 0.1) is 11.7 Å². The Hall–Kier alpha value is -0.480. The molecule has 4 heteroatoms. The lowest BCUT2D eigenvalue weighted by molar-refractivity contribution is 0.423. The van der Waals surface area contributed by atoms with E-state index in [0.717, 1.165) is 25.0 Å². The first kappa shape index (κ1) is 14.9. The van der Waals surface area contributed by atoms with Crippen molar-refractivity contribution < 1.29 is 0 Å². The van der Waals surface area contributed by atoms with E-state index < -0.39 is 0 Å². The predicted octanol–water partition coefficient (Wildman–Crippen LogP) is 3.40. The monoisotopic (exact) mass is 281 g/mol. The number of hydrogen-bond donors (Lipinski definition) is 1. The maximum Gasteiger partial charge on any atom is 0.0640 e. The van der Waals surface area contributed by atoms with Crippen LogP contribution in [0.5, 0.6) is 0 Å². The van der Waals surface area contributed by atoms with Crippen LogP contribution < -0.4 is 5.73 Å². The molecule has 0 bridgehead atoms. The molecule has 2 atom stereocenters. The van der Waals surface area contributed by atoms with E-state index in [1.54, 1.807) is 0 Å². The van der Waals surface area contributed by atoms with Crippen LogP contribution in [0.4, 0.5) is 0 Å². The van der Waals surface area contributed by atoms with Crippen LogP contribution in [0.15, 0.2) is 12.3 Å². The number of hydrogen-bond acceptors (Lipinski definition) is 3. The summed E-state index contributed by atoms with van der Waals surface area (Å²) in [5.41, 5.74) is 7.52. The third kappa shape index (κ3) is 3.99. The molecule has 2 N–H and O–H groups in total. The van der Waals surface area contributed by atoms with Gasteiger partial charge < -0.3 is 5.73 Å². The van der Waals surface area contributed by atoms with Gasteiger partial charge in [-0.3, -0.25) is 4.68 Å². The van der Waals surface area contributed by atoms with Gasteiger partial charge in [-0.05, 0) is 37.5 Å².